The lowest BCUT2D eigenvalue weighted by atomic mass is 9.99. The van der Waals surface area contributed by atoms with Gasteiger partial charge in [0.05, 0.1) is 12.0 Å². The Bertz CT molecular complexity index is 297. The molecule has 1 aliphatic carbocycles. The van der Waals surface area contributed by atoms with Gasteiger partial charge in [0.1, 0.15) is 0 Å². The van der Waals surface area contributed by atoms with Gasteiger partial charge in [-0.2, -0.15) is 0 Å². The van der Waals surface area contributed by atoms with Gasteiger partial charge in [0, 0.05) is 25.0 Å². The average molecular weight is 241 g/mol. The first-order valence-corrected chi connectivity index (χ1v) is 6.47. The maximum atomic E-state index is 11.5. The van der Waals surface area contributed by atoms with E-state index in [-0.39, 0.29) is 24.0 Å². The molecule has 0 bridgehead atoms. The summed E-state index contributed by atoms with van der Waals surface area (Å²) < 4.78 is 0. The highest BCUT2D eigenvalue weighted by Gasteiger charge is 2.44. The highest BCUT2D eigenvalue weighted by atomic mass is 16.3. The quantitative estimate of drug-likeness (QED) is 0.360. The third kappa shape index (κ3) is 2.32. The van der Waals surface area contributed by atoms with Crippen LogP contribution in [-0.4, -0.2) is 41.1 Å². The molecule has 0 aromatic carbocycles. The molecule has 2 rings (SSSR count). The molecule has 0 spiro atoms. The highest BCUT2D eigenvalue weighted by Crippen LogP contribution is 2.39. The second kappa shape index (κ2) is 4.92. The number of aliphatic hydroxyl groups is 1. The molecule has 2 aliphatic rings. The fourth-order valence-electron chi connectivity index (χ4n) is 3.27. The van der Waals surface area contributed by atoms with Gasteiger partial charge < -0.3 is 5.11 Å². The van der Waals surface area contributed by atoms with E-state index in [2.05, 4.69) is 17.2 Å². The fourth-order valence-corrected chi connectivity index (χ4v) is 3.27. The Morgan fingerprint density at radius 1 is 1.41 bits per heavy atom. The van der Waals surface area contributed by atoms with Gasteiger partial charge in [-0.05, 0) is 25.7 Å². The third-order valence-electron chi connectivity index (χ3n) is 4.70. The summed E-state index contributed by atoms with van der Waals surface area (Å²) in [5.74, 6) is 5.95. The zero-order valence-corrected chi connectivity index (χ0v) is 10.6. The second-order valence-electron chi connectivity index (χ2n) is 5.56. The summed E-state index contributed by atoms with van der Waals surface area (Å²) in [6.45, 7) is 5.88. The monoisotopic (exact) mass is 241 g/mol. The Labute approximate surface area is 102 Å². The lowest BCUT2D eigenvalue weighted by Gasteiger charge is -2.29. The van der Waals surface area contributed by atoms with Crippen molar-refractivity contribution in [1.29, 1.82) is 0 Å². The van der Waals surface area contributed by atoms with Crippen LogP contribution < -0.4 is 11.3 Å². The van der Waals surface area contributed by atoms with E-state index in [0.29, 0.717) is 11.8 Å². The number of hydrogen-bond donors (Lipinski definition) is 3. The summed E-state index contributed by atoms with van der Waals surface area (Å²) in [6, 6.07) is 0.177. The number of fused-ring (bicyclic) bond motifs is 1. The molecule has 1 amide bonds. The first-order valence-electron chi connectivity index (χ1n) is 6.47. The van der Waals surface area contributed by atoms with Gasteiger partial charge in [0.25, 0.3) is 0 Å². The van der Waals surface area contributed by atoms with Crippen molar-refractivity contribution in [3.05, 3.63) is 0 Å². The van der Waals surface area contributed by atoms with E-state index in [0.717, 1.165) is 25.9 Å². The minimum Gasteiger partial charge on any atom is -0.393 e. The fraction of sp³-hybridized carbons (Fsp3) is 0.917. The Morgan fingerprint density at radius 2 is 2.12 bits per heavy atom. The molecule has 0 radical (unpaired) electrons. The van der Waals surface area contributed by atoms with Crippen molar-refractivity contribution >= 4 is 5.91 Å². The zero-order chi connectivity index (χ0) is 12.6. The first kappa shape index (κ1) is 12.8. The van der Waals surface area contributed by atoms with E-state index in [1.54, 1.807) is 0 Å². The Kier molecular flexibility index (Phi) is 3.70. The van der Waals surface area contributed by atoms with Crippen LogP contribution in [0.3, 0.4) is 0 Å². The minimum atomic E-state index is -0.143. The maximum Gasteiger partial charge on any atom is 0.238 e. The minimum absolute atomic E-state index is 0.115. The van der Waals surface area contributed by atoms with E-state index in [1.807, 2.05) is 6.92 Å². The third-order valence-corrected chi connectivity index (χ3v) is 4.70. The number of nitrogens with two attached hydrogens (primary N) is 1. The average Bonchev–Trinajstić information content (AvgIpc) is 2.89. The summed E-state index contributed by atoms with van der Waals surface area (Å²) in [7, 11) is 0. The van der Waals surface area contributed by atoms with Crippen molar-refractivity contribution in [3.63, 3.8) is 0 Å². The molecule has 1 saturated carbocycles. The molecule has 2 fully saturated rings. The number of aliphatic hydroxyl groups excluding tert-OH is 1. The zero-order valence-electron chi connectivity index (χ0n) is 10.6. The van der Waals surface area contributed by atoms with E-state index < -0.39 is 0 Å². The molecule has 5 heteroatoms. The number of likely N-dealkylation sites (tertiary alicyclic amines) is 1. The Hall–Kier alpha value is -0.650. The number of hydrogen-bond acceptors (Lipinski definition) is 4. The Balaban J connectivity index is 1.94. The van der Waals surface area contributed by atoms with Crippen LogP contribution in [0.25, 0.3) is 0 Å². The summed E-state index contributed by atoms with van der Waals surface area (Å²) in [5.41, 5.74) is 2.21. The van der Waals surface area contributed by atoms with E-state index in [9.17, 15) is 9.90 Å². The van der Waals surface area contributed by atoms with Crippen molar-refractivity contribution < 1.29 is 9.90 Å². The standard InChI is InChI=1S/C12H23N3O2/c1-7(12(17)14-13)8(2)15-5-9-3-4-11(16)10(9)6-15/h7-11,16H,3-6,13H2,1-2H3,(H,14,17). The molecule has 1 heterocycles. The van der Waals surface area contributed by atoms with Crippen LogP contribution in [0.2, 0.25) is 0 Å². The molecule has 0 aromatic rings. The highest BCUT2D eigenvalue weighted by molar-refractivity contribution is 5.78. The summed E-state index contributed by atoms with van der Waals surface area (Å²) in [5, 5.41) is 9.87. The first-order chi connectivity index (χ1) is 8.04. The summed E-state index contributed by atoms with van der Waals surface area (Å²) in [6.07, 6.45) is 1.92. The lowest BCUT2D eigenvalue weighted by Crippen LogP contribution is -2.45. The van der Waals surface area contributed by atoms with Gasteiger partial charge in [-0.1, -0.05) is 6.92 Å². The lowest BCUT2D eigenvalue weighted by molar-refractivity contribution is -0.126. The van der Waals surface area contributed by atoms with E-state index >= 15 is 0 Å². The number of hydrazine groups is 1. The van der Waals surface area contributed by atoms with Crippen LogP contribution in [0.1, 0.15) is 26.7 Å². The molecule has 1 aliphatic heterocycles. The van der Waals surface area contributed by atoms with Gasteiger partial charge in [0.15, 0.2) is 0 Å². The molecule has 98 valence electrons. The van der Waals surface area contributed by atoms with Crippen LogP contribution in [0, 0.1) is 17.8 Å². The number of nitrogens with one attached hydrogen (secondary N) is 1. The molecule has 5 nitrogen and oxygen atoms in total. The molecular formula is C12H23N3O2. The smallest absolute Gasteiger partial charge is 0.238 e. The molecule has 17 heavy (non-hydrogen) atoms. The molecule has 1 saturated heterocycles. The van der Waals surface area contributed by atoms with Crippen LogP contribution in [0.4, 0.5) is 0 Å². The molecule has 0 aromatic heterocycles. The maximum absolute atomic E-state index is 11.5. The van der Waals surface area contributed by atoms with Crippen LogP contribution in [0.5, 0.6) is 0 Å². The normalized spacial score (nSPS) is 36.6. The van der Waals surface area contributed by atoms with Crippen molar-refractivity contribution in [2.75, 3.05) is 13.1 Å². The van der Waals surface area contributed by atoms with Gasteiger partial charge >= 0.3 is 0 Å². The predicted molar refractivity (Wildman–Crippen MR) is 64.7 cm³/mol. The van der Waals surface area contributed by atoms with Crippen molar-refractivity contribution in [2.45, 2.75) is 38.8 Å². The van der Waals surface area contributed by atoms with Crippen molar-refractivity contribution in [3.8, 4) is 0 Å². The molecule has 5 unspecified atom stereocenters. The van der Waals surface area contributed by atoms with Crippen LogP contribution in [0.15, 0.2) is 0 Å². The van der Waals surface area contributed by atoms with Crippen LogP contribution >= 0.6 is 0 Å². The van der Waals surface area contributed by atoms with Gasteiger partial charge in [-0.25, -0.2) is 5.84 Å². The number of carbonyl (C=O) groups is 1. The van der Waals surface area contributed by atoms with E-state index in [4.69, 9.17) is 5.84 Å². The van der Waals surface area contributed by atoms with Crippen molar-refractivity contribution in [2.24, 2.45) is 23.6 Å². The number of rotatable bonds is 3. The van der Waals surface area contributed by atoms with E-state index in [1.165, 1.54) is 0 Å². The van der Waals surface area contributed by atoms with Crippen LogP contribution in [-0.2, 0) is 4.79 Å². The number of nitrogens with zero attached hydrogens (tertiary/aromatic N) is 1. The summed E-state index contributed by atoms with van der Waals surface area (Å²) >= 11 is 0. The Morgan fingerprint density at radius 3 is 2.71 bits per heavy atom. The molecule has 5 atom stereocenters. The number of amides is 1. The topological polar surface area (TPSA) is 78.6 Å². The van der Waals surface area contributed by atoms with Gasteiger partial charge in [0.2, 0.25) is 5.91 Å². The van der Waals surface area contributed by atoms with Crippen molar-refractivity contribution in [1.82, 2.24) is 10.3 Å². The summed E-state index contributed by atoms with van der Waals surface area (Å²) in [4.78, 5) is 13.8. The number of carbonyl (C=O) groups excluding carboxylic acids is 1. The molecule has 4 N–H and O–H groups in total. The van der Waals surface area contributed by atoms with Gasteiger partial charge in [-0.3, -0.25) is 15.1 Å². The largest absolute Gasteiger partial charge is 0.393 e. The van der Waals surface area contributed by atoms with Gasteiger partial charge in [-0.15, -0.1) is 0 Å². The predicted octanol–water partition coefficient (Wildman–Crippen LogP) is -0.296. The molecular weight excluding hydrogens is 218 g/mol. The SMILES string of the molecule is CC(C(=O)NN)C(C)N1CC2CCC(O)C2C1. The second-order valence-corrected chi connectivity index (χ2v) is 5.56.